The Kier molecular flexibility index (Phi) is 5.04. The summed E-state index contributed by atoms with van der Waals surface area (Å²) in [4.78, 5) is 1.90. The molecule has 0 aromatic heterocycles. The Hall–Kier alpha value is -2.22. The fraction of sp³-hybridized carbons (Fsp3) is 0.235. The second-order valence-electron chi connectivity index (χ2n) is 5.05. The molecule has 108 valence electrons. The third kappa shape index (κ3) is 4.12. The van der Waals surface area contributed by atoms with Crippen molar-refractivity contribution in [2.75, 3.05) is 13.6 Å². The van der Waals surface area contributed by atoms with Gasteiger partial charge in [-0.3, -0.25) is 4.90 Å². The topological polar surface area (TPSA) is 47.3 Å². The van der Waals surface area contributed by atoms with Gasteiger partial charge in [0.05, 0.1) is 17.7 Å². The number of likely N-dealkylation sites (N-methyl/N-ethyl adjacent to an activating group) is 1. The fourth-order valence-corrected chi connectivity index (χ4v) is 2.25. The first kappa shape index (κ1) is 15.2. The minimum atomic E-state index is -0.879. The first-order chi connectivity index (χ1) is 10.1. The predicted molar refractivity (Wildman–Crippen MR) is 78.9 cm³/mol. The van der Waals surface area contributed by atoms with Crippen LogP contribution in [0.3, 0.4) is 0 Å². The standard InChI is InChI=1S/C17H17FN2O/c1-20(11-14-6-4-5-13(9-14)10-19)12-17(21)15-7-2-3-8-16(15)18/h2-9,17,21H,11-12H2,1H3/t17-/m0/s1. The molecular formula is C17H17FN2O. The van der Waals surface area contributed by atoms with Crippen LogP contribution in [0, 0.1) is 17.1 Å². The van der Waals surface area contributed by atoms with Crippen molar-refractivity contribution in [3.8, 4) is 6.07 Å². The van der Waals surface area contributed by atoms with E-state index in [0.717, 1.165) is 5.56 Å². The van der Waals surface area contributed by atoms with E-state index in [9.17, 15) is 9.50 Å². The summed E-state index contributed by atoms with van der Waals surface area (Å²) in [7, 11) is 1.85. The minimum Gasteiger partial charge on any atom is -0.387 e. The highest BCUT2D eigenvalue weighted by atomic mass is 19.1. The number of aliphatic hydroxyl groups is 1. The highest BCUT2D eigenvalue weighted by Gasteiger charge is 2.14. The lowest BCUT2D eigenvalue weighted by Crippen LogP contribution is -2.24. The normalized spacial score (nSPS) is 12.1. The lowest BCUT2D eigenvalue weighted by atomic mass is 10.1. The smallest absolute Gasteiger partial charge is 0.129 e. The third-order valence-corrected chi connectivity index (χ3v) is 3.26. The van der Waals surface area contributed by atoms with Crippen molar-refractivity contribution in [1.82, 2.24) is 4.90 Å². The van der Waals surface area contributed by atoms with Crippen LogP contribution in [0.2, 0.25) is 0 Å². The minimum absolute atomic E-state index is 0.301. The third-order valence-electron chi connectivity index (χ3n) is 3.26. The highest BCUT2D eigenvalue weighted by molar-refractivity contribution is 5.32. The number of aliphatic hydroxyl groups excluding tert-OH is 1. The molecule has 0 saturated carbocycles. The summed E-state index contributed by atoms with van der Waals surface area (Å²) in [5.74, 6) is -0.398. The van der Waals surface area contributed by atoms with E-state index in [2.05, 4.69) is 6.07 Å². The zero-order valence-electron chi connectivity index (χ0n) is 11.8. The lowest BCUT2D eigenvalue weighted by Gasteiger charge is -2.21. The molecule has 2 rings (SSSR count). The van der Waals surface area contributed by atoms with E-state index in [-0.39, 0.29) is 0 Å². The SMILES string of the molecule is CN(Cc1cccc(C#N)c1)C[C@H](O)c1ccccc1F. The van der Waals surface area contributed by atoms with E-state index >= 15 is 0 Å². The first-order valence-electron chi connectivity index (χ1n) is 6.70. The maximum absolute atomic E-state index is 13.6. The first-order valence-corrected chi connectivity index (χ1v) is 6.70. The van der Waals surface area contributed by atoms with Crippen LogP contribution in [0.5, 0.6) is 0 Å². The summed E-state index contributed by atoms with van der Waals surface area (Å²) in [6.07, 6.45) is -0.879. The maximum atomic E-state index is 13.6. The van der Waals surface area contributed by atoms with Crippen molar-refractivity contribution in [3.63, 3.8) is 0 Å². The number of halogens is 1. The quantitative estimate of drug-likeness (QED) is 0.918. The van der Waals surface area contributed by atoms with Gasteiger partial charge in [-0.1, -0.05) is 30.3 Å². The molecule has 0 fully saturated rings. The second-order valence-corrected chi connectivity index (χ2v) is 5.05. The summed E-state index contributed by atoms with van der Waals surface area (Å²) in [5.41, 5.74) is 1.89. The van der Waals surface area contributed by atoms with E-state index in [1.165, 1.54) is 6.07 Å². The maximum Gasteiger partial charge on any atom is 0.129 e. The van der Waals surface area contributed by atoms with Crippen molar-refractivity contribution in [1.29, 1.82) is 5.26 Å². The van der Waals surface area contributed by atoms with Crippen molar-refractivity contribution < 1.29 is 9.50 Å². The summed E-state index contributed by atoms with van der Waals surface area (Å²) >= 11 is 0. The van der Waals surface area contributed by atoms with Crippen molar-refractivity contribution in [2.45, 2.75) is 12.6 Å². The molecule has 1 N–H and O–H groups in total. The molecule has 0 unspecified atom stereocenters. The summed E-state index contributed by atoms with van der Waals surface area (Å²) in [6, 6.07) is 15.6. The zero-order valence-corrected chi connectivity index (χ0v) is 11.8. The molecule has 0 radical (unpaired) electrons. The van der Waals surface area contributed by atoms with Crippen molar-refractivity contribution in [2.24, 2.45) is 0 Å². The Balaban J connectivity index is 2.00. The monoisotopic (exact) mass is 284 g/mol. The van der Waals surface area contributed by atoms with Gasteiger partial charge < -0.3 is 5.11 Å². The van der Waals surface area contributed by atoms with Gasteiger partial charge in [0, 0.05) is 18.7 Å². The molecule has 0 bridgehead atoms. The van der Waals surface area contributed by atoms with Gasteiger partial charge in [-0.05, 0) is 30.8 Å². The molecule has 0 aliphatic carbocycles. The largest absolute Gasteiger partial charge is 0.387 e. The van der Waals surface area contributed by atoms with Gasteiger partial charge in [-0.25, -0.2) is 4.39 Å². The van der Waals surface area contributed by atoms with Gasteiger partial charge >= 0.3 is 0 Å². The molecule has 2 aromatic rings. The Morgan fingerprint density at radius 1 is 1.24 bits per heavy atom. The van der Waals surface area contributed by atoms with Gasteiger partial charge in [0.15, 0.2) is 0 Å². The number of nitriles is 1. The average molecular weight is 284 g/mol. The molecule has 0 spiro atoms. The molecule has 3 nitrogen and oxygen atoms in total. The van der Waals surface area contributed by atoms with Crippen LogP contribution >= 0.6 is 0 Å². The van der Waals surface area contributed by atoms with Crippen LogP contribution < -0.4 is 0 Å². The van der Waals surface area contributed by atoms with Crippen LogP contribution in [-0.4, -0.2) is 23.6 Å². The van der Waals surface area contributed by atoms with E-state index < -0.39 is 11.9 Å². The molecule has 2 aromatic carbocycles. The highest BCUT2D eigenvalue weighted by Crippen LogP contribution is 2.18. The Morgan fingerprint density at radius 3 is 2.71 bits per heavy atom. The van der Waals surface area contributed by atoms with Crippen LogP contribution in [0.15, 0.2) is 48.5 Å². The Bertz CT molecular complexity index is 651. The summed E-state index contributed by atoms with van der Waals surface area (Å²) in [5, 5.41) is 19.0. The average Bonchev–Trinajstić information content (AvgIpc) is 2.47. The molecule has 0 saturated heterocycles. The van der Waals surface area contributed by atoms with Crippen molar-refractivity contribution >= 4 is 0 Å². The van der Waals surface area contributed by atoms with Gasteiger partial charge in [0.1, 0.15) is 5.82 Å². The predicted octanol–water partition coefficient (Wildman–Crippen LogP) is 2.86. The van der Waals surface area contributed by atoms with E-state index in [1.54, 1.807) is 24.3 Å². The van der Waals surface area contributed by atoms with Crippen molar-refractivity contribution in [3.05, 3.63) is 71.0 Å². The Morgan fingerprint density at radius 2 is 2.00 bits per heavy atom. The molecule has 0 amide bonds. The molecule has 4 heteroatoms. The second kappa shape index (κ2) is 6.98. The number of rotatable bonds is 5. The van der Waals surface area contributed by atoms with Crippen LogP contribution in [-0.2, 0) is 6.54 Å². The van der Waals surface area contributed by atoms with E-state index in [4.69, 9.17) is 5.26 Å². The van der Waals surface area contributed by atoms with Crippen LogP contribution in [0.1, 0.15) is 22.8 Å². The number of hydrogen-bond acceptors (Lipinski definition) is 3. The molecule has 1 atom stereocenters. The van der Waals surface area contributed by atoms with E-state index in [1.807, 2.05) is 30.1 Å². The summed E-state index contributed by atoms with van der Waals surface area (Å²) in [6.45, 7) is 0.902. The van der Waals surface area contributed by atoms with E-state index in [0.29, 0.717) is 24.2 Å². The molecule has 0 aliphatic heterocycles. The van der Waals surface area contributed by atoms with Gasteiger partial charge in [-0.2, -0.15) is 5.26 Å². The molecule has 0 heterocycles. The molecule has 21 heavy (non-hydrogen) atoms. The molecule has 0 aliphatic rings. The van der Waals surface area contributed by atoms with Gasteiger partial charge in [0.25, 0.3) is 0 Å². The zero-order chi connectivity index (χ0) is 15.2. The fourth-order valence-electron chi connectivity index (χ4n) is 2.25. The lowest BCUT2D eigenvalue weighted by molar-refractivity contribution is 0.120. The van der Waals surface area contributed by atoms with Gasteiger partial charge in [0.2, 0.25) is 0 Å². The Labute approximate surface area is 123 Å². The molecular weight excluding hydrogens is 267 g/mol. The summed E-state index contributed by atoms with van der Waals surface area (Å²) < 4.78 is 13.6. The number of nitrogens with zero attached hydrogens (tertiary/aromatic N) is 2. The number of benzene rings is 2. The van der Waals surface area contributed by atoms with Crippen LogP contribution in [0.4, 0.5) is 4.39 Å². The van der Waals surface area contributed by atoms with Crippen LogP contribution in [0.25, 0.3) is 0 Å². The number of hydrogen-bond donors (Lipinski definition) is 1. The van der Waals surface area contributed by atoms with Gasteiger partial charge in [-0.15, -0.1) is 0 Å².